The van der Waals surface area contributed by atoms with Crippen molar-refractivity contribution in [3.05, 3.63) is 12.8 Å². The van der Waals surface area contributed by atoms with Crippen LogP contribution in [0, 0.1) is 30.6 Å². The molecule has 1 aliphatic heterocycles. The molecule has 3 heteroatoms. The topological polar surface area (TPSA) is 26.3 Å². The fraction of sp³-hybridized carbons (Fsp3) is 0.700. The number of esters is 1. The van der Waals surface area contributed by atoms with Gasteiger partial charge in [-0.05, 0) is 6.10 Å². The van der Waals surface area contributed by atoms with Crippen molar-refractivity contribution >= 4 is 5.97 Å². The van der Waals surface area contributed by atoms with Gasteiger partial charge in [-0.1, -0.05) is 26.2 Å². The van der Waals surface area contributed by atoms with Crippen molar-refractivity contribution in [1.29, 1.82) is 0 Å². The molecule has 1 saturated carbocycles. The molecule has 0 N–H and O–H groups in total. The second kappa shape index (κ2) is 4.12. The molecule has 13 heavy (non-hydrogen) atoms. The molecule has 0 aromatic carbocycles. The maximum absolute atomic E-state index is 11.3. The Balaban J connectivity index is 0.000000845. The number of ether oxygens (including phenoxy) is 1. The summed E-state index contributed by atoms with van der Waals surface area (Å²) in [5, 5.41) is 0. The van der Waals surface area contributed by atoms with Crippen LogP contribution in [-0.2, 0) is 30.6 Å². The first kappa shape index (κ1) is 11.2. The summed E-state index contributed by atoms with van der Waals surface area (Å²) in [4.78, 5) is 11.3. The molecule has 2 bridgehead atoms. The molecular formula is C10H14O2W. The maximum Gasteiger partial charge on any atom is 2.00 e. The van der Waals surface area contributed by atoms with E-state index < -0.39 is 0 Å². The van der Waals surface area contributed by atoms with Gasteiger partial charge in [0.2, 0.25) is 0 Å². The van der Waals surface area contributed by atoms with Crippen molar-refractivity contribution < 1.29 is 30.6 Å². The summed E-state index contributed by atoms with van der Waals surface area (Å²) >= 11 is 0. The average molecular weight is 350 g/mol. The third kappa shape index (κ3) is 1.83. The Morgan fingerprint density at radius 1 is 1.46 bits per heavy atom. The number of carbonyl (C=O) groups is 1. The second-order valence-electron chi connectivity index (χ2n) is 3.74. The summed E-state index contributed by atoms with van der Waals surface area (Å²) < 4.78 is 5.20. The van der Waals surface area contributed by atoms with Crippen molar-refractivity contribution in [2.24, 2.45) is 17.8 Å². The normalized spacial score (nSPS) is 42.5. The van der Waals surface area contributed by atoms with E-state index in [-0.39, 0.29) is 39.1 Å². The monoisotopic (exact) mass is 350 g/mol. The summed E-state index contributed by atoms with van der Waals surface area (Å²) in [6, 6.07) is 0. The van der Waals surface area contributed by atoms with Crippen LogP contribution in [0.15, 0.2) is 0 Å². The largest absolute Gasteiger partial charge is 2.00 e. The Morgan fingerprint density at radius 3 is 2.77 bits per heavy atom. The Kier molecular flexibility index (Phi) is 3.56. The molecule has 0 radical (unpaired) electrons. The summed E-state index contributed by atoms with van der Waals surface area (Å²) in [5.41, 5.74) is 0. The van der Waals surface area contributed by atoms with Crippen molar-refractivity contribution in [2.75, 3.05) is 0 Å². The third-order valence-corrected chi connectivity index (χ3v) is 2.92. The van der Waals surface area contributed by atoms with Crippen molar-refractivity contribution in [1.82, 2.24) is 0 Å². The molecule has 2 fully saturated rings. The molecular weight excluding hydrogens is 336 g/mol. The van der Waals surface area contributed by atoms with Crippen LogP contribution in [0.5, 0.6) is 0 Å². The Labute approximate surface area is 93.7 Å². The quantitative estimate of drug-likeness (QED) is 0.531. The average Bonchev–Trinajstić information content (AvgIpc) is 2.38. The van der Waals surface area contributed by atoms with Gasteiger partial charge in [-0.3, -0.25) is 11.2 Å². The molecule has 4 unspecified atom stereocenters. The van der Waals surface area contributed by atoms with E-state index >= 15 is 0 Å². The zero-order valence-corrected chi connectivity index (χ0v) is 10.8. The van der Waals surface area contributed by atoms with Gasteiger partial charge < -0.3 is 11.2 Å². The van der Waals surface area contributed by atoms with Crippen LogP contribution in [0.3, 0.4) is 0 Å². The Morgan fingerprint density at radius 2 is 2.15 bits per heavy atom. The first-order valence-electron chi connectivity index (χ1n) is 4.63. The van der Waals surface area contributed by atoms with Gasteiger partial charge in [0, 0.05) is 0 Å². The molecule has 1 aliphatic carbocycles. The zero-order valence-electron chi connectivity index (χ0n) is 7.90. The third-order valence-electron chi connectivity index (χ3n) is 2.92. The molecule has 0 aromatic rings. The van der Waals surface area contributed by atoms with Crippen LogP contribution >= 0.6 is 0 Å². The minimum atomic E-state index is -0.0209. The Bertz CT molecular complexity index is 205. The van der Waals surface area contributed by atoms with Gasteiger partial charge in [-0.15, -0.1) is 0 Å². The molecule has 0 spiro atoms. The first-order chi connectivity index (χ1) is 5.72. The zero-order chi connectivity index (χ0) is 8.72. The summed E-state index contributed by atoms with van der Waals surface area (Å²) in [5.74, 6) is 0.840. The van der Waals surface area contributed by atoms with Crippen LogP contribution in [0.4, 0.5) is 0 Å². The molecule has 1 saturated heterocycles. The summed E-state index contributed by atoms with van der Waals surface area (Å²) in [6.45, 7) is 4.23. The minimum Gasteiger partial charge on any atom is -0.499 e. The van der Waals surface area contributed by atoms with Gasteiger partial charge in [0.25, 0.3) is 5.97 Å². The van der Waals surface area contributed by atoms with E-state index in [0.29, 0.717) is 11.8 Å². The number of rotatable bonds is 1. The van der Waals surface area contributed by atoms with Gasteiger partial charge in [0.1, 0.15) is 0 Å². The van der Waals surface area contributed by atoms with E-state index in [1.165, 1.54) is 0 Å². The number of hydrogen-bond donors (Lipinski definition) is 0. The van der Waals surface area contributed by atoms with E-state index in [0.717, 1.165) is 6.42 Å². The fourth-order valence-corrected chi connectivity index (χ4v) is 2.14. The summed E-state index contributed by atoms with van der Waals surface area (Å²) in [7, 11) is 0. The number of carbonyl (C=O) groups excluding carboxylic acids is 1. The molecule has 2 aliphatic rings. The number of hydrogen-bond acceptors (Lipinski definition) is 2. The molecule has 0 aromatic heterocycles. The second-order valence-corrected chi connectivity index (χ2v) is 3.74. The Hall–Kier alpha value is 0.158. The molecule has 4 atom stereocenters. The first-order valence-corrected chi connectivity index (χ1v) is 4.63. The van der Waals surface area contributed by atoms with Crippen LogP contribution < -0.4 is 0 Å². The van der Waals surface area contributed by atoms with Crippen LogP contribution in [0.25, 0.3) is 0 Å². The predicted octanol–water partition coefficient (Wildman–Crippen LogP) is 1.61. The van der Waals surface area contributed by atoms with Gasteiger partial charge in [0.15, 0.2) is 0 Å². The molecule has 1 heterocycles. The van der Waals surface area contributed by atoms with E-state index in [9.17, 15) is 4.79 Å². The predicted molar refractivity (Wildman–Crippen MR) is 44.9 cm³/mol. The minimum absolute atomic E-state index is 0. The summed E-state index contributed by atoms with van der Waals surface area (Å²) in [6.07, 6.45) is 5.43. The standard InChI is InChI=1S/C10H14O2.W/c1-3-7-4-6(2)9-5-8(7)10(11)12-9;/h4-9H,3H2,1-2H3;/q-2;+2. The van der Waals surface area contributed by atoms with Gasteiger partial charge in [-0.2, -0.15) is 11.8 Å². The van der Waals surface area contributed by atoms with Crippen molar-refractivity contribution in [3.63, 3.8) is 0 Å². The van der Waals surface area contributed by atoms with Crippen LogP contribution in [-0.4, -0.2) is 12.1 Å². The fourth-order valence-electron chi connectivity index (χ4n) is 2.14. The molecule has 2 nitrogen and oxygen atoms in total. The van der Waals surface area contributed by atoms with E-state index in [1.807, 2.05) is 0 Å². The van der Waals surface area contributed by atoms with Gasteiger partial charge >= 0.3 is 21.1 Å². The molecule has 2 rings (SSSR count). The van der Waals surface area contributed by atoms with E-state index in [1.54, 1.807) is 0 Å². The van der Waals surface area contributed by atoms with Crippen LogP contribution in [0.1, 0.15) is 20.3 Å². The van der Waals surface area contributed by atoms with Crippen molar-refractivity contribution in [3.8, 4) is 0 Å². The van der Waals surface area contributed by atoms with Crippen LogP contribution in [0.2, 0.25) is 0 Å². The van der Waals surface area contributed by atoms with E-state index in [4.69, 9.17) is 4.74 Å². The van der Waals surface area contributed by atoms with Gasteiger partial charge in [-0.25, -0.2) is 0 Å². The van der Waals surface area contributed by atoms with Crippen molar-refractivity contribution in [2.45, 2.75) is 26.4 Å². The number of fused-ring (bicyclic) bond motifs is 2. The van der Waals surface area contributed by atoms with Gasteiger partial charge in [0.05, 0.1) is 0 Å². The van der Waals surface area contributed by atoms with E-state index in [2.05, 4.69) is 26.7 Å². The molecule has 72 valence electrons. The SMILES string of the molecule is CCC1[CH-]C(C)C2[CH-]C1C(=O)O2.[W+2]. The smallest absolute Gasteiger partial charge is 0.499 e. The molecule has 0 amide bonds. The maximum atomic E-state index is 11.3.